The van der Waals surface area contributed by atoms with Crippen LogP contribution in [0.2, 0.25) is 5.02 Å². The van der Waals surface area contributed by atoms with Gasteiger partial charge in [-0.25, -0.2) is 0 Å². The van der Waals surface area contributed by atoms with Crippen LogP contribution in [0.15, 0.2) is 36.9 Å². The van der Waals surface area contributed by atoms with Gasteiger partial charge in [-0.1, -0.05) is 36.7 Å². The number of rotatable bonds is 4. The predicted molar refractivity (Wildman–Crippen MR) is 60.7 cm³/mol. The summed E-state index contributed by atoms with van der Waals surface area (Å²) < 4.78 is 0. The Hall–Kier alpha value is -0.790. The van der Waals surface area contributed by atoms with Crippen LogP contribution in [0.4, 0.5) is 0 Å². The molecule has 0 aromatic heterocycles. The number of hydrogen-bond acceptors (Lipinski definition) is 1. The number of hydrogen-bond donors (Lipinski definition) is 1. The molecular formula is C12H15ClO. The summed E-state index contributed by atoms with van der Waals surface area (Å²) in [6.07, 6.45) is 2.58. The maximum absolute atomic E-state index is 9.36. The van der Waals surface area contributed by atoms with Crippen LogP contribution in [-0.2, 0) is 5.41 Å². The van der Waals surface area contributed by atoms with Crippen LogP contribution in [0.3, 0.4) is 0 Å². The van der Waals surface area contributed by atoms with Gasteiger partial charge in [0, 0.05) is 10.4 Å². The van der Waals surface area contributed by atoms with Gasteiger partial charge >= 0.3 is 0 Å². The lowest BCUT2D eigenvalue weighted by atomic mass is 9.80. The fraction of sp³-hybridized carbons (Fsp3) is 0.333. The number of aliphatic hydroxyl groups is 1. The van der Waals surface area contributed by atoms with Crippen molar-refractivity contribution in [2.75, 3.05) is 6.61 Å². The highest BCUT2D eigenvalue weighted by Crippen LogP contribution is 2.28. The topological polar surface area (TPSA) is 20.2 Å². The lowest BCUT2D eigenvalue weighted by Gasteiger charge is -2.26. The fourth-order valence-corrected chi connectivity index (χ4v) is 1.57. The van der Waals surface area contributed by atoms with Crippen LogP contribution in [-0.4, -0.2) is 11.7 Å². The Morgan fingerprint density at radius 1 is 1.43 bits per heavy atom. The molecule has 1 aromatic carbocycles. The van der Waals surface area contributed by atoms with E-state index in [1.807, 2.05) is 37.3 Å². The summed E-state index contributed by atoms with van der Waals surface area (Å²) in [4.78, 5) is 0. The summed E-state index contributed by atoms with van der Waals surface area (Å²) in [6, 6.07) is 7.58. The molecule has 1 N–H and O–H groups in total. The average molecular weight is 211 g/mol. The van der Waals surface area contributed by atoms with Gasteiger partial charge in [-0.05, 0) is 24.1 Å². The van der Waals surface area contributed by atoms with Crippen LogP contribution >= 0.6 is 11.6 Å². The molecule has 1 aromatic rings. The third kappa shape index (κ3) is 2.37. The average Bonchev–Trinajstić information content (AvgIpc) is 2.19. The number of halogens is 1. The molecule has 0 fully saturated rings. The van der Waals surface area contributed by atoms with Crippen LogP contribution in [0, 0.1) is 0 Å². The Labute approximate surface area is 90.0 Å². The number of aliphatic hydroxyl groups excluding tert-OH is 1. The van der Waals surface area contributed by atoms with E-state index in [1.165, 1.54) is 0 Å². The van der Waals surface area contributed by atoms with Crippen LogP contribution < -0.4 is 0 Å². The molecule has 76 valence electrons. The number of allylic oxidation sites excluding steroid dienone is 1. The highest BCUT2D eigenvalue weighted by Gasteiger charge is 2.23. The second kappa shape index (κ2) is 4.63. The summed E-state index contributed by atoms with van der Waals surface area (Å²) in [6.45, 7) is 5.82. The van der Waals surface area contributed by atoms with Gasteiger partial charge in [0.2, 0.25) is 0 Å². The molecular weight excluding hydrogens is 196 g/mol. The van der Waals surface area contributed by atoms with E-state index >= 15 is 0 Å². The summed E-state index contributed by atoms with van der Waals surface area (Å²) >= 11 is 5.80. The second-order valence-corrected chi connectivity index (χ2v) is 4.15. The Morgan fingerprint density at radius 2 is 2.00 bits per heavy atom. The first-order chi connectivity index (χ1) is 6.62. The summed E-state index contributed by atoms with van der Waals surface area (Å²) in [5, 5.41) is 10.1. The minimum absolute atomic E-state index is 0.112. The zero-order valence-electron chi connectivity index (χ0n) is 8.33. The summed E-state index contributed by atoms with van der Waals surface area (Å²) in [5.74, 6) is 0. The van der Waals surface area contributed by atoms with Crippen LogP contribution in [0.1, 0.15) is 18.9 Å². The summed E-state index contributed by atoms with van der Waals surface area (Å²) in [7, 11) is 0. The Balaban J connectivity index is 2.99. The first kappa shape index (κ1) is 11.3. The highest BCUT2D eigenvalue weighted by molar-refractivity contribution is 6.30. The number of benzene rings is 1. The highest BCUT2D eigenvalue weighted by atomic mass is 35.5. The normalized spacial score (nSPS) is 14.8. The zero-order chi connectivity index (χ0) is 10.6. The largest absolute Gasteiger partial charge is 0.395 e. The monoisotopic (exact) mass is 210 g/mol. The van der Waals surface area contributed by atoms with E-state index in [0.29, 0.717) is 5.02 Å². The van der Waals surface area contributed by atoms with E-state index in [4.69, 9.17) is 11.6 Å². The van der Waals surface area contributed by atoms with Gasteiger partial charge in [0.15, 0.2) is 0 Å². The van der Waals surface area contributed by atoms with Crippen molar-refractivity contribution in [3.63, 3.8) is 0 Å². The minimum Gasteiger partial charge on any atom is -0.395 e. The maximum atomic E-state index is 9.36. The lowest BCUT2D eigenvalue weighted by Crippen LogP contribution is -2.25. The zero-order valence-corrected chi connectivity index (χ0v) is 9.09. The van der Waals surface area contributed by atoms with Crippen molar-refractivity contribution in [1.82, 2.24) is 0 Å². The molecule has 0 bridgehead atoms. The van der Waals surface area contributed by atoms with Crippen molar-refractivity contribution >= 4 is 11.6 Å². The quantitative estimate of drug-likeness (QED) is 0.757. The van der Waals surface area contributed by atoms with Gasteiger partial charge in [-0.2, -0.15) is 0 Å². The first-order valence-electron chi connectivity index (χ1n) is 4.60. The predicted octanol–water partition coefficient (Wildman–Crippen LogP) is 3.17. The van der Waals surface area contributed by atoms with Gasteiger partial charge in [0.05, 0.1) is 6.61 Å². The third-order valence-corrected chi connectivity index (χ3v) is 2.74. The van der Waals surface area contributed by atoms with Gasteiger partial charge < -0.3 is 5.11 Å². The van der Waals surface area contributed by atoms with Gasteiger partial charge in [0.1, 0.15) is 0 Å². The molecule has 1 nitrogen and oxygen atoms in total. The maximum Gasteiger partial charge on any atom is 0.0528 e. The third-order valence-electron chi connectivity index (χ3n) is 2.48. The molecule has 1 rings (SSSR count). The molecule has 2 heteroatoms. The SMILES string of the molecule is C=CCC(C)(CO)c1ccc(Cl)cc1. The van der Waals surface area contributed by atoms with Gasteiger partial charge in [-0.15, -0.1) is 6.58 Å². The van der Waals surface area contributed by atoms with E-state index < -0.39 is 0 Å². The molecule has 0 saturated carbocycles. The van der Waals surface area contributed by atoms with Crippen molar-refractivity contribution in [3.8, 4) is 0 Å². The molecule has 0 aliphatic carbocycles. The molecule has 0 radical (unpaired) electrons. The Morgan fingerprint density at radius 3 is 2.43 bits per heavy atom. The van der Waals surface area contributed by atoms with E-state index in [-0.39, 0.29) is 12.0 Å². The Bertz CT molecular complexity index is 305. The van der Waals surface area contributed by atoms with Crippen molar-refractivity contribution in [1.29, 1.82) is 0 Å². The van der Waals surface area contributed by atoms with Crippen molar-refractivity contribution < 1.29 is 5.11 Å². The van der Waals surface area contributed by atoms with Crippen molar-refractivity contribution in [2.24, 2.45) is 0 Å². The molecule has 0 amide bonds. The van der Waals surface area contributed by atoms with E-state index in [9.17, 15) is 5.11 Å². The second-order valence-electron chi connectivity index (χ2n) is 3.72. The van der Waals surface area contributed by atoms with Gasteiger partial charge in [0.25, 0.3) is 0 Å². The molecule has 1 unspecified atom stereocenters. The molecule has 0 aliphatic heterocycles. The molecule has 1 atom stereocenters. The lowest BCUT2D eigenvalue weighted by molar-refractivity contribution is 0.207. The Kier molecular flexibility index (Phi) is 3.73. The van der Waals surface area contributed by atoms with Crippen molar-refractivity contribution in [3.05, 3.63) is 47.5 Å². The van der Waals surface area contributed by atoms with E-state index in [1.54, 1.807) is 0 Å². The van der Waals surface area contributed by atoms with Gasteiger partial charge in [-0.3, -0.25) is 0 Å². The van der Waals surface area contributed by atoms with Crippen LogP contribution in [0.25, 0.3) is 0 Å². The molecule has 14 heavy (non-hydrogen) atoms. The summed E-state index contributed by atoms with van der Waals surface area (Å²) in [5.41, 5.74) is 0.844. The molecule has 0 heterocycles. The minimum atomic E-state index is -0.244. The smallest absolute Gasteiger partial charge is 0.0528 e. The van der Waals surface area contributed by atoms with E-state index in [2.05, 4.69) is 6.58 Å². The molecule has 0 spiro atoms. The fourth-order valence-electron chi connectivity index (χ4n) is 1.44. The van der Waals surface area contributed by atoms with Crippen molar-refractivity contribution in [2.45, 2.75) is 18.8 Å². The van der Waals surface area contributed by atoms with E-state index in [0.717, 1.165) is 12.0 Å². The molecule has 0 saturated heterocycles. The van der Waals surface area contributed by atoms with Crippen LogP contribution in [0.5, 0.6) is 0 Å². The molecule has 0 aliphatic rings. The standard InChI is InChI=1S/C12H15ClO/c1-3-8-12(2,9-14)10-4-6-11(13)7-5-10/h3-7,14H,1,8-9H2,2H3. The first-order valence-corrected chi connectivity index (χ1v) is 4.98.